The van der Waals surface area contributed by atoms with Gasteiger partial charge >= 0.3 is 0 Å². The van der Waals surface area contributed by atoms with Gasteiger partial charge in [0.25, 0.3) is 5.91 Å². The lowest BCUT2D eigenvalue weighted by atomic mass is 10.1. The summed E-state index contributed by atoms with van der Waals surface area (Å²) in [4.78, 5) is 15.8. The second-order valence-electron chi connectivity index (χ2n) is 3.43. The van der Waals surface area contributed by atoms with Crippen molar-refractivity contribution < 1.29 is 9.90 Å². The first-order valence-electron chi connectivity index (χ1n) is 5.44. The number of aliphatic hydroxyl groups excluding tert-OH is 1. The highest BCUT2D eigenvalue weighted by Crippen LogP contribution is 2.13. The zero-order valence-corrected chi connectivity index (χ0v) is 11.0. The van der Waals surface area contributed by atoms with Crippen molar-refractivity contribution in [3.8, 4) is 0 Å². The minimum atomic E-state index is -0.430. The molecule has 0 aromatic heterocycles. The van der Waals surface area contributed by atoms with Gasteiger partial charge in [-0.15, -0.1) is 0 Å². The highest BCUT2D eigenvalue weighted by Gasteiger charge is 2.16. The van der Waals surface area contributed by atoms with Gasteiger partial charge < -0.3 is 10.4 Å². The van der Waals surface area contributed by atoms with Gasteiger partial charge in [0, 0.05) is 7.05 Å². The zero-order valence-electron chi connectivity index (χ0n) is 10.2. The molecule has 4 nitrogen and oxygen atoms in total. The van der Waals surface area contributed by atoms with Crippen molar-refractivity contribution in [1.82, 2.24) is 5.32 Å². The number of nitrogens with one attached hydrogen (secondary N) is 1. The summed E-state index contributed by atoms with van der Waals surface area (Å²) in [5.74, 6) is -0.315. The van der Waals surface area contributed by atoms with E-state index in [-0.39, 0.29) is 12.5 Å². The largest absolute Gasteiger partial charge is 0.394 e. The summed E-state index contributed by atoms with van der Waals surface area (Å²) in [5, 5.41) is 13.9. The van der Waals surface area contributed by atoms with E-state index in [2.05, 4.69) is 16.9 Å². The molecule has 0 radical (unpaired) electrons. The molecule has 1 unspecified atom stereocenters. The van der Waals surface area contributed by atoms with Crippen molar-refractivity contribution in [1.29, 1.82) is 0 Å². The number of thioether (sulfide) groups is 1. The van der Waals surface area contributed by atoms with Gasteiger partial charge in [-0.05, 0) is 11.0 Å². The van der Waals surface area contributed by atoms with Crippen molar-refractivity contribution >= 4 is 22.7 Å². The normalized spacial score (nSPS) is 12.9. The predicted octanol–water partition coefficient (Wildman–Crippen LogP) is 1.74. The first-order valence-corrected chi connectivity index (χ1v) is 6.32. The number of benzene rings is 1. The Morgan fingerprint density at radius 2 is 2.22 bits per heavy atom. The molecule has 1 aromatic rings. The molecule has 2 N–H and O–H groups in total. The van der Waals surface area contributed by atoms with E-state index in [1.165, 1.54) is 0 Å². The van der Waals surface area contributed by atoms with E-state index in [9.17, 15) is 9.90 Å². The highest BCUT2D eigenvalue weighted by atomic mass is 32.2. The van der Waals surface area contributed by atoms with E-state index in [4.69, 9.17) is 0 Å². The Bertz CT molecular complexity index is 432. The van der Waals surface area contributed by atoms with Crippen molar-refractivity contribution in [2.24, 2.45) is 4.99 Å². The Kier molecular flexibility index (Phi) is 6.18. The Labute approximate surface area is 111 Å². The molecule has 18 heavy (non-hydrogen) atoms. The summed E-state index contributed by atoms with van der Waals surface area (Å²) in [5.41, 5.74) is 0.854. The predicted molar refractivity (Wildman–Crippen MR) is 75.6 cm³/mol. The number of amides is 1. The lowest BCUT2D eigenvalue weighted by Crippen LogP contribution is -2.34. The highest BCUT2D eigenvalue weighted by molar-refractivity contribution is 8.18. The maximum Gasteiger partial charge on any atom is 0.276 e. The zero-order chi connectivity index (χ0) is 13.4. The average molecular weight is 264 g/mol. The van der Waals surface area contributed by atoms with E-state index in [1.54, 1.807) is 12.5 Å². The molecule has 0 aliphatic heterocycles. The number of hydrogen-bond donors (Lipinski definition) is 2. The topological polar surface area (TPSA) is 61.7 Å². The molecule has 1 aromatic carbocycles. The van der Waals surface area contributed by atoms with Crippen molar-refractivity contribution in [3.05, 3.63) is 47.9 Å². The van der Waals surface area contributed by atoms with Crippen LogP contribution in [-0.4, -0.2) is 29.7 Å². The summed E-state index contributed by atoms with van der Waals surface area (Å²) in [6.07, 6.45) is 0. The second-order valence-corrected chi connectivity index (χ2v) is 4.39. The van der Waals surface area contributed by atoms with E-state index < -0.39 is 6.04 Å². The summed E-state index contributed by atoms with van der Waals surface area (Å²) in [7, 11) is 1.54. The molecule has 0 saturated carbocycles. The number of carbonyl (C=O) groups is 1. The van der Waals surface area contributed by atoms with Crippen LogP contribution in [0.15, 0.2) is 47.3 Å². The molecular weight excluding hydrogens is 248 g/mol. The third-order valence-electron chi connectivity index (χ3n) is 2.28. The van der Waals surface area contributed by atoms with Crippen molar-refractivity contribution in [3.63, 3.8) is 0 Å². The fraction of sp³-hybridized carbons (Fsp3) is 0.231. The summed E-state index contributed by atoms with van der Waals surface area (Å²) in [6, 6.07) is 8.87. The van der Waals surface area contributed by atoms with Crippen LogP contribution in [0.5, 0.6) is 0 Å². The molecule has 0 aliphatic rings. The number of rotatable bonds is 4. The van der Waals surface area contributed by atoms with Gasteiger partial charge in [-0.2, -0.15) is 0 Å². The summed E-state index contributed by atoms with van der Waals surface area (Å²) < 4.78 is 0. The third-order valence-corrected chi connectivity index (χ3v) is 3.04. The lowest BCUT2D eigenvalue weighted by molar-refractivity contribution is -0.115. The Hall–Kier alpha value is -1.59. The molecule has 96 valence electrons. The van der Waals surface area contributed by atoms with Crippen LogP contribution in [0, 0.1) is 0 Å². The number of aliphatic hydroxyl groups is 1. The monoisotopic (exact) mass is 264 g/mol. The number of carbonyl (C=O) groups excluding carboxylic acids is 1. The van der Waals surface area contributed by atoms with Crippen molar-refractivity contribution in [2.75, 3.05) is 13.7 Å². The number of nitrogens with zero attached hydrogens (tertiary/aromatic N) is 1. The van der Waals surface area contributed by atoms with Gasteiger partial charge in [-0.3, -0.25) is 9.79 Å². The van der Waals surface area contributed by atoms with Crippen LogP contribution in [-0.2, 0) is 4.79 Å². The maximum absolute atomic E-state index is 11.9. The summed E-state index contributed by atoms with van der Waals surface area (Å²) >= 11 is 1.15. The van der Waals surface area contributed by atoms with E-state index in [1.807, 2.05) is 30.3 Å². The second kappa shape index (κ2) is 7.68. The smallest absolute Gasteiger partial charge is 0.276 e. The fourth-order valence-electron chi connectivity index (χ4n) is 1.43. The minimum Gasteiger partial charge on any atom is -0.394 e. The molecule has 1 atom stereocenters. The van der Waals surface area contributed by atoms with E-state index in [0.717, 1.165) is 17.3 Å². The van der Waals surface area contributed by atoms with Gasteiger partial charge in [0.05, 0.1) is 12.6 Å². The quantitative estimate of drug-likeness (QED) is 0.643. The van der Waals surface area contributed by atoms with E-state index >= 15 is 0 Å². The Morgan fingerprint density at radius 1 is 1.56 bits per heavy atom. The minimum absolute atomic E-state index is 0.161. The van der Waals surface area contributed by atoms with Crippen LogP contribution >= 0.6 is 11.8 Å². The molecule has 0 spiro atoms. The molecule has 0 heterocycles. The molecule has 1 amide bonds. The SMILES string of the molecule is C=CSC(=NC)C(=O)NC(CO)c1ccccc1. The number of aliphatic imine (C=N–C) groups is 1. The molecule has 1 rings (SSSR count). The van der Waals surface area contributed by atoms with Gasteiger partial charge in [0.1, 0.15) is 0 Å². The van der Waals surface area contributed by atoms with Crippen LogP contribution in [0.4, 0.5) is 0 Å². The molecule has 0 bridgehead atoms. The van der Waals surface area contributed by atoms with Crippen LogP contribution in [0.3, 0.4) is 0 Å². The van der Waals surface area contributed by atoms with Crippen LogP contribution in [0.25, 0.3) is 0 Å². The molecular formula is C13H16N2O2S. The van der Waals surface area contributed by atoms with Gasteiger partial charge in [-0.25, -0.2) is 0 Å². The van der Waals surface area contributed by atoms with Crippen LogP contribution in [0.1, 0.15) is 11.6 Å². The van der Waals surface area contributed by atoms with Gasteiger partial charge in [-0.1, -0.05) is 48.7 Å². The maximum atomic E-state index is 11.9. The van der Waals surface area contributed by atoms with Crippen molar-refractivity contribution in [2.45, 2.75) is 6.04 Å². The molecule has 0 fully saturated rings. The third kappa shape index (κ3) is 4.01. The van der Waals surface area contributed by atoms with Gasteiger partial charge in [0.15, 0.2) is 5.04 Å². The summed E-state index contributed by atoms with van der Waals surface area (Å²) in [6.45, 7) is 3.38. The molecule has 0 saturated heterocycles. The first kappa shape index (κ1) is 14.5. The number of hydrogen-bond acceptors (Lipinski definition) is 4. The average Bonchev–Trinajstić information content (AvgIpc) is 2.42. The van der Waals surface area contributed by atoms with E-state index in [0.29, 0.717) is 5.04 Å². The standard InChI is InChI=1S/C13H16N2O2S/c1-3-18-13(14-2)12(17)15-11(9-16)10-7-5-4-6-8-10/h3-8,11,16H,1,9H2,2H3,(H,15,17). The first-order chi connectivity index (χ1) is 8.72. The Morgan fingerprint density at radius 3 is 2.72 bits per heavy atom. The molecule has 5 heteroatoms. The van der Waals surface area contributed by atoms with Gasteiger partial charge in [0.2, 0.25) is 0 Å². The van der Waals surface area contributed by atoms with Crippen LogP contribution < -0.4 is 5.32 Å². The lowest BCUT2D eigenvalue weighted by Gasteiger charge is -2.16. The molecule has 0 aliphatic carbocycles. The Balaban J connectivity index is 2.75. The van der Waals surface area contributed by atoms with Crippen LogP contribution in [0.2, 0.25) is 0 Å². The fourth-order valence-corrected chi connectivity index (χ4v) is 1.86.